The predicted octanol–water partition coefficient (Wildman–Crippen LogP) is 2.67. The molecule has 10 heteroatoms. The first-order valence-electron chi connectivity index (χ1n) is 7.22. The van der Waals surface area contributed by atoms with Gasteiger partial charge in [0.05, 0.1) is 16.2 Å². The first-order valence-corrected chi connectivity index (χ1v) is 8.02. The number of imidazole rings is 1. The van der Waals surface area contributed by atoms with Crippen molar-refractivity contribution in [3.8, 4) is 6.07 Å². The summed E-state index contributed by atoms with van der Waals surface area (Å²) in [6.07, 6.45) is -0.638. The molecular weight excluding hydrogens is 389 g/mol. The van der Waals surface area contributed by atoms with Crippen molar-refractivity contribution in [2.75, 3.05) is 5.32 Å². The molecule has 0 saturated heterocycles. The van der Waals surface area contributed by atoms with Gasteiger partial charge in [0.15, 0.2) is 0 Å². The molecule has 3 fully saturated rings. The van der Waals surface area contributed by atoms with Gasteiger partial charge in [-0.25, -0.2) is 9.97 Å². The van der Waals surface area contributed by atoms with E-state index in [9.17, 15) is 13.2 Å². The minimum absolute atomic E-state index is 0.102. The van der Waals surface area contributed by atoms with Gasteiger partial charge in [0, 0.05) is 11.1 Å². The van der Waals surface area contributed by atoms with E-state index in [-0.39, 0.29) is 27.9 Å². The molecule has 3 saturated carbocycles. The Morgan fingerprint density at radius 1 is 1.42 bits per heavy atom. The molecule has 5 rings (SSSR count). The third kappa shape index (κ3) is 2.26. The predicted molar refractivity (Wildman–Crippen MR) is 83.1 cm³/mol. The third-order valence-corrected chi connectivity index (χ3v) is 5.37. The van der Waals surface area contributed by atoms with Gasteiger partial charge in [0.25, 0.3) is 0 Å². The summed E-state index contributed by atoms with van der Waals surface area (Å²) in [7, 11) is 0. The lowest BCUT2D eigenvalue weighted by atomic mass is 9.44. The second kappa shape index (κ2) is 4.61. The molecule has 3 N–H and O–H groups in total. The quantitative estimate of drug-likeness (QED) is 0.825. The Balaban J connectivity index is 1.77. The molecule has 0 aliphatic heterocycles. The molecular formula is C14H12BrF3N6. The molecule has 0 amide bonds. The number of hydrogen-bond acceptors (Lipinski definition) is 5. The molecule has 3 aliphatic rings. The zero-order valence-corrected chi connectivity index (χ0v) is 13.9. The maximum atomic E-state index is 12.9. The number of anilines is 1. The molecule has 2 bridgehead atoms. The molecule has 0 radical (unpaired) electrons. The lowest BCUT2D eigenvalue weighted by Crippen LogP contribution is -2.79. The van der Waals surface area contributed by atoms with E-state index in [2.05, 4.69) is 31.2 Å². The molecule has 0 unspecified atom stereocenters. The minimum Gasteiger partial charge on any atom is -0.363 e. The topological polar surface area (TPSA) is 92.6 Å². The van der Waals surface area contributed by atoms with Crippen LogP contribution in [0.3, 0.4) is 0 Å². The number of nitrogens with zero attached hydrogens (tertiary/aromatic N) is 4. The van der Waals surface area contributed by atoms with E-state index in [0.29, 0.717) is 10.3 Å². The highest BCUT2D eigenvalue weighted by Crippen LogP contribution is 2.60. The van der Waals surface area contributed by atoms with Crippen LogP contribution >= 0.6 is 15.9 Å². The number of halogens is 4. The largest absolute Gasteiger partial charge is 0.406 e. The van der Waals surface area contributed by atoms with Crippen LogP contribution in [0.1, 0.15) is 25.1 Å². The zero-order valence-electron chi connectivity index (χ0n) is 12.3. The highest BCUT2D eigenvalue weighted by atomic mass is 79.9. The molecule has 6 nitrogen and oxygen atoms in total. The van der Waals surface area contributed by atoms with E-state index >= 15 is 0 Å². The van der Waals surface area contributed by atoms with Gasteiger partial charge in [-0.1, -0.05) is 0 Å². The van der Waals surface area contributed by atoms with Crippen LogP contribution in [0.2, 0.25) is 0 Å². The second-order valence-electron chi connectivity index (χ2n) is 6.70. The van der Waals surface area contributed by atoms with Gasteiger partial charge < -0.3 is 15.6 Å². The Hall–Kier alpha value is -1.86. The van der Waals surface area contributed by atoms with Crippen LogP contribution in [0, 0.1) is 11.3 Å². The van der Waals surface area contributed by atoms with Crippen LogP contribution in [0.4, 0.5) is 19.0 Å². The number of fused-ring (bicyclic) bond motifs is 1. The first-order chi connectivity index (χ1) is 11.1. The van der Waals surface area contributed by atoms with Crippen molar-refractivity contribution >= 4 is 32.8 Å². The number of nitriles is 1. The van der Waals surface area contributed by atoms with Crippen LogP contribution in [0.15, 0.2) is 10.7 Å². The molecule has 2 aromatic heterocycles. The van der Waals surface area contributed by atoms with E-state index in [1.165, 1.54) is 6.20 Å². The molecule has 2 heterocycles. The molecule has 126 valence electrons. The Labute approximate surface area is 143 Å². The standard InChI is InChI=1S/C14H12BrF3N6/c15-9-10-7(22-8(1-19)24(10)6-14(16,17)18)2-21-11(9)23-13-3-12(20,4-13)5-13/h2H,3-6,20H2,(H,21,23). The lowest BCUT2D eigenvalue weighted by Gasteiger charge is -2.69. The van der Waals surface area contributed by atoms with Crippen molar-refractivity contribution in [1.29, 1.82) is 5.26 Å². The first kappa shape index (κ1) is 15.7. The number of rotatable bonds is 3. The van der Waals surface area contributed by atoms with Crippen LogP contribution in [-0.2, 0) is 6.54 Å². The third-order valence-electron chi connectivity index (χ3n) is 4.62. The van der Waals surface area contributed by atoms with Gasteiger partial charge in [-0.2, -0.15) is 18.4 Å². The molecule has 3 aliphatic carbocycles. The van der Waals surface area contributed by atoms with Gasteiger partial charge in [-0.3, -0.25) is 0 Å². The Morgan fingerprint density at radius 2 is 2.08 bits per heavy atom. The van der Waals surface area contributed by atoms with E-state index in [1.54, 1.807) is 6.07 Å². The summed E-state index contributed by atoms with van der Waals surface area (Å²) >= 11 is 3.33. The Bertz CT molecular complexity index is 877. The number of pyridine rings is 1. The van der Waals surface area contributed by atoms with Gasteiger partial charge in [-0.05, 0) is 35.2 Å². The number of alkyl halides is 3. The SMILES string of the molecule is N#Cc1nc2cnc(NC34CC(N)(C3)C4)c(Br)c2n1CC(F)(F)F. The summed E-state index contributed by atoms with van der Waals surface area (Å²) in [6, 6.07) is 1.70. The molecule has 24 heavy (non-hydrogen) atoms. The van der Waals surface area contributed by atoms with E-state index in [1.807, 2.05) is 0 Å². The van der Waals surface area contributed by atoms with Crippen molar-refractivity contribution in [3.05, 3.63) is 16.5 Å². The highest BCUT2D eigenvalue weighted by molar-refractivity contribution is 9.10. The van der Waals surface area contributed by atoms with Crippen molar-refractivity contribution in [1.82, 2.24) is 14.5 Å². The highest BCUT2D eigenvalue weighted by Gasteiger charge is 2.66. The monoisotopic (exact) mass is 400 g/mol. The van der Waals surface area contributed by atoms with E-state index < -0.39 is 12.7 Å². The average molecular weight is 401 g/mol. The summed E-state index contributed by atoms with van der Waals surface area (Å²) in [5.41, 5.74) is 6.24. The summed E-state index contributed by atoms with van der Waals surface area (Å²) in [6.45, 7) is -1.29. The summed E-state index contributed by atoms with van der Waals surface area (Å²) in [5.74, 6) is 0.144. The van der Waals surface area contributed by atoms with Crippen molar-refractivity contribution in [2.45, 2.75) is 43.1 Å². The van der Waals surface area contributed by atoms with Gasteiger partial charge in [0.2, 0.25) is 5.82 Å². The fourth-order valence-corrected chi connectivity index (χ4v) is 4.46. The number of hydrogen-bond donors (Lipinski definition) is 2. The lowest BCUT2D eigenvalue weighted by molar-refractivity contribution is -0.140. The normalized spacial score (nSPS) is 28.2. The summed E-state index contributed by atoms with van der Waals surface area (Å²) < 4.78 is 39.8. The number of nitrogens with one attached hydrogen (secondary N) is 1. The zero-order chi connectivity index (χ0) is 17.3. The summed E-state index contributed by atoms with van der Waals surface area (Å²) in [5, 5.41) is 12.4. The van der Waals surface area contributed by atoms with Crippen LogP contribution in [0.5, 0.6) is 0 Å². The van der Waals surface area contributed by atoms with Crippen molar-refractivity contribution in [3.63, 3.8) is 0 Å². The van der Waals surface area contributed by atoms with Crippen LogP contribution in [-0.4, -0.2) is 31.8 Å². The maximum absolute atomic E-state index is 12.9. The van der Waals surface area contributed by atoms with Crippen LogP contribution in [0.25, 0.3) is 11.0 Å². The Kier molecular flexibility index (Phi) is 3.01. The molecule has 2 aromatic rings. The Morgan fingerprint density at radius 3 is 2.62 bits per heavy atom. The minimum atomic E-state index is -4.46. The fourth-order valence-electron chi connectivity index (χ4n) is 3.84. The van der Waals surface area contributed by atoms with E-state index in [4.69, 9.17) is 11.0 Å². The van der Waals surface area contributed by atoms with Gasteiger partial charge in [0.1, 0.15) is 23.9 Å². The molecule has 0 spiro atoms. The average Bonchev–Trinajstić information content (AvgIpc) is 2.75. The smallest absolute Gasteiger partial charge is 0.363 e. The second-order valence-corrected chi connectivity index (χ2v) is 7.49. The van der Waals surface area contributed by atoms with Crippen molar-refractivity contribution in [2.24, 2.45) is 5.73 Å². The van der Waals surface area contributed by atoms with E-state index in [0.717, 1.165) is 23.8 Å². The summed E-state index contributed by atoms with van der Waals surface area (Å²) in [4.78, 5) is 8.17. The maximum Gasteiger partial charge on any atom is 0.406 e. The van der Waals surface area contributed by atoms with Gasteiger partial charge in [-0.15, -0.1) is 0 Å². The van der Waals surface area contributed by atoms with Gasteiger partial charge >= 0.3 is 6.18 Å². The fraction of sp³-hybridized carbons (Fsp3) is 0.500. The number of nitrogens with two attached hydrogens (primary N) is 1. The molecule has 0 aromatic carbocycles. The molecule has 0 atom stereocenters. The van der Waals surface area contributed by atoms with Crippen molar-refractivity contribution < 1.29 is 13.2 Å². The number of aromatic nitrogens is 3. The van der Waals surface area contributed by atoms with Crippen LogP contribution < -0.4 is 11.1 Å².